The quantitative estimate of drug-likeness (QED) is 0.845. The second kappa shape index (κ2) is 8.19. The molecule has 9 heteroatoms. The number of rotatable bonds is 7. The van der Waals surface area contributed by atoms with E-state index in [2.05, 4.69) is 22.4 Å². The number of nitrogens with one attached hydrogen (secondary N) is 1. The van der Waals surface area contributed by atoms with Gasteiger partial charge in [0.2, 0.25) is 0 Å². The van der Waals surface area contributed by atoms with Crippen molar-refractivity contribution in [2.75, 3.05) is 0 Å². The van der Waals surface area contributed by atoms with Crippen LogP contribution in [0.2, 0.25) is 0 Å². The lowest BCUT2D eigenvalue weighted by atomic mass is 10.3. The number of nitrogens with zero attached hydrogens (tertiary/aromatic N) is 4. The van der Waals surface area contributed by atoms with Crippen LogP contribution in [0.5, 0.6) is 0 Å². The van der Waals surface area contributed by atoms with E-state index < -0.39 is 12.7 Å². The third-order valence-corrected chi connectivity index (χ3v) is 2.91. The number of hydrogen-bond donors (Lipinski definition) is 1. The Balaban J connectivity index is 0.00000242. The summed E-state index contributed by atoms with van der Waals surface area (Å²) in [5, 5.41) is 11.0. The third kappa shape index (κ3) is 5.69. The standard InChI is InChI=1S/C13H18F3N5.ClH/c1-2-5-20-9-11(7-19-20)6-17-8-12-3-4-18-21(12)10-13(14,15)16;/h3-4,7,9,17H,2,5-6,8,10H2,1H3;1H. The minimum Gasteiger partial charge on any atom is -0.307 e. The fourth-order valence-electron chi connectivity index (χ4n) is 2.01. The van der Waals surface area contributed by atoms with E-state index in [4.69, 9.17) is 0 Å². The van der Waals surface area contributed by atoms with Crippen molar-refractivity contribution in [3.8, 4) is 0 Å². The van der Waals surface area contributed by atoms with Gasteiger partial charge in [-0.25, -0.2) is 0 Å². The highest BCUT2D eigenvalue weighted by Crippen LogP contribution is 2.18. The second-order valence-corrected chi connectivity index (χ2v) is 4.81. The van der Waals surface area contributed by atoms with Gasteiger partial charge in [-0.3, -0.25) is 9.36 Å². The van der Waals surface area contributed by atoms with Crippen LogP contribution in [0.3, 0.4) is 0 Å². The number of aryl methyl sites for hydroxylation is 1. The van der Waals surface area contributed by atoms with Crippen LogP contribution in [-0.4, -0.2) is 25.7 Å². The van der Waals surface area contributed by atoms with Gasteiger partial charge in [0.05, 0.1) is 11.9 Å². The zero-order chi connectivity index (χ0) is 15.3. The molecular weight excluding hydrogens is 319 g/mol. The van der Waals surface area contributed by atoms with Crippen molar-refractivity contribution >= 4 is 12.4 Å². The minimum absolute atomic E-state index is 0. The maximum Gasteiger partial charge on any atom is 0.408 e. The summed E-state index contributed by atoms with van der Waals surface area (Å²) < 4.78 is 39.9. The van der Waals surface area contributed by atoms with Crippen molar-refractivity contribution in [2.24, 2.45) is 0 Å². The third-order valence-electron chi connectivity index (χ3n) is 2.91. The van der Waals surface area contributed by atoms with Gasteiger partial charge >= 0.3 is 6.18 Å². The Bertz CT molecular complexity index is 564. The first kappa shape index (κ1) is 18.5. The van der Waals surface area contributed by atoms with Crippen LogP contribution in [-0.2, 0) is 26.2 Å². The molecule has 0 atom stereocenters. The molecule has 5 nitrogen and oxygen atoms in total. The average molecular weight is 338 g/mol. The maximum absolute atomic E-state index is 12.4. The second-order valence-electron chi connectivity index (χ2n) is 4.81. The molecule has 1 N–H and O–H groups in total. The number of halogens is 4. The van der Waals surface area contributed by atoms with E-state index in [1.807, 2.05) is 10.9 Å². The number of hydrogen-bond acceptors (Lipinski definition) is 3. The lowest BCUT2D eigenvalue weighted by Crippen LogP contribution is -2.23. The minimum atomic E-state index is -4.26. The monoisotopic (exact) mass is 337 g/mol. The Kier molecular flexibility index (Phi) is 6.89. The Morgan fingerprint density at radius 3 is 2.68 bits per heavy atom. The molecule has 2 aromatic rings. The van der Waals surface area contributed by atoms with E-state index in [-0.39, 0.29) is 12.4 Å². The van der Waals surface area contributed by atoms with E-state index >= 15 is 0 Å². The topological polar surface area (TPSA) is 47.7 Å². The molecule has 2 aromatic heterocycles. The molecule has 0 bridgehead atoms. The van der Waals surface area contributed by atoms with Crippen molar-refractivity contribution in [1.82, 2.24) is 24.9 Å². The van der Waals surface area contributed by atoms with E-state index in [1.54, 1.807) is 12.3 Å². The summed E-state index contributed by atoms with van der Waals surface area (Å²) >= 11 is 0. The van der Waals surface area contributed by atoms with E-state index in [9.17, 15) is 13.2 Å². The summed E-state index contributed by atoms with van der Waals surface area (Å²) in [6.45, 7) is 2.75. The van der Waals surface area contributed by atoms with Crippen LogP contribution in [0.25, 0.3) is 0 Å². The Hall–Kier alpha value is -1.54. The largest absolute Gasteiger partial charge is 0.408 e. The molecule has 0 aliphatic carbocycles. The summed E-state index contributed by atoms with van der Waals surface area (Å²) in [6.07, 6.45) is 1.81. The van der Waals surface area contributed by atoms with Crippen LogP contribution in [0.4, 0.5) is 13.2 Å². The predicted molar refractivity (Wildman–Crippen MR) is 78.6 cm³/mol. The van der Waals surface area contributed by atoms with Gasteiger partial charge in [-0.2, -0.15) is 23.4 Å². The number of aromatic nitrogens is 4. The van der Waals surface area contributed by atoms with Gasteiger partial charge in [-0.15, -0.1) is 12.4 Å². The number of alkyl halides is 3. The first-order chi connectivity index (χ1) is 9.98. The Morgan fingerprint density at radius 2 is 2.00 bits per heavy atom. The summed E-state index contributed by atoms with van der Waals surface area (Å²) in [5.41, 5.74) is 1.51. The molecular formula is C13H19ClF3N5. The molecule has 2 heterocycles. The molecule has 0 saturated heterocycles. The van der Waals surface area contributed by atoms with Crippen molar-refractivity contribution in [3.05, 3.63) is 35.9 Å². The molecule has 0 spiro atoms. The van der Waals surface area contributed by atoms with Gasteiger partial charge in [0.25, 0.3) is 0 Å². The zero-order valence-corrected chi connectivity index (χ0v) is 13.0. The van der Waals surface area contributed by atoms with Crippen molar-refractivity contribution in [2.45, 2.75) is 45.7 Å². The highest BCUT2D eigenvalue weighted by Gasteiger charge is 2.29. The van der Waals surface area contributed by atoms with Gasteiger partial charge in [0.1, 0.15) is 6.54 Å². The molecule has 0 unspecified atom stereocenters. The summed E-state index contributed by atoms with van der Waals surface area (Å²) in [5.74, 6) is 0. The van der Waals surface area contributed by atoms with E-state index in [0.29, 0.717) is 18.8 Å². The summed E-state index contributed by atoms with van der Waals surface area (Å²) in [4.78, 5) is 0. The van der Waals surface area contributed by atoms with E-state index in [0.717, 1.165) is 23.2 Å². The first-order valence-electron chi connectivity index (χ1n) is 6.77. The van der Waals surface area contributed by atoms with Crippen LogP contribution in [0.1, 0.15) is 24.6 Å². The molecule has 0 aromatic carbocycles. The van der Waals surface area contributed by atoms with Crippen molar-refractivity contribution < 1.29 is 13.2 Å². The van der Waals surface area contributed by atoms with Gasteiger partial charge in [-0.05, 0) is 12.5 Å². The van der Waals surface area contributed by atoms with Crippen LogP contribution in [0, 0.1) is 0 Å². The molecule has 0 saturated carbocycles. The molecule has 0 aliphatic rings. The Morgan fingerprint density at radius 1 is 1.23 bits per heavy atom. The fourth-order valence-corrected chi connectivity index (χ4v) is 2.01. The maximum atomic E-state index is 12.4. The Labute approximate surface area is 132 Å². The summed E-state index contributed by atoms with van der Waals surface area (Å²) in [7, 11) is 0. The normalized spacial score (nSPS) is 11.5. The van der Waals surface area contributed by atoms with Gasteiger partial charge < -0.3 is 5.32 Å². The lowest BCUT2D eigenvalue weighted by molar-refractivity contribution is -0.143. The summed E-state index contributed by atoms with van der Waals surface area (Å²) in [6, 6.07) is 1.58. The SMILES string of the molecule is CCCn1cc(CNCc2ccnn2CC(F)(F)F)cn1.Cl. The molecule has 0 fully saturated rings. The molecule has 2 rings (SSSR count). The molecule has 0 radical (unpaired) electrons. The molecule has 22 heavy (non-hydrogen) atoms. The van der Waals surface area contributed by atoms with E-state index in [1.165, 1.54) is 6.20 Å². The molecule has 0 amide bonds. The van der Waals surface area contributed by atoms with Crippen LogP contribution in [0.15, 0.2) is 24.7 Å². The highest BCUT2D eigenvalue weighted by molar-refractivity contribution is 5.85. The molecule has 0 aliphatic heterocycles. The van der Waals surface area contributed by atoms with Gasteiger partial charge in [0.15, 0.2) is 0 Å². The fraction of sp³-hybridized carbons (Fsp3) is 0.538. The zero-order valence-electron chi connectivity index (χ0n) is 12.2. The van der Waals surface area contributed by atoms with Gasteiger partial charge in [-0.1, -0.05) is 6.92 Å². The van der Waals surface area contributed by atoms with Crippen molar-refractivity contribution in [3.63, 3.8) is 0 Å². The van der Waals surface area contributed by atoms with Crippen molar-refractivity contribution in [1.29, 1.82) is 0 Å². The first-order valence-corrected chi connectivity index (χ1v) is 6.77. The van der Waals surface area contributed by atoms with Crippen LogP contribution < -0.4 is 5.32 Å². The van der Waals surface area contributed by atoms with Gasteiger partial charge in [0, 0.05) is 37.6 Å². The predicted octanol–water partition coefficient (Wildman–Crippen LogP) is 2.76. The smallest absolute Gasteiger partial charge is 0.307 e. The lowest BCUT2D eigenvalue weighted by Gasteiger charge is -2.10. The molecule has 124 valence electrons. The average Bonchev–Trinajstić information content (AvgIpc) is 2.99. The highest BCUT2D eigenvalue weighted by atomic mass is 35.5. The van der Waals surface area contributed by atoms with Crippen LogP contribution >= 0.6 is 12.4 Å².